The zero-order chi connectivity index (χ0) is 15.9. The smallest absolute Gasteiger partial charge is 0.191 e. The van der Waals surface area contributed by atoms with Crippen LogP contribution in [0.2, 0.25) is 0 Å². The van der Waals surface area contributed by atoms with Crippen molar-refractivity contribution in [3.8, 4) is 0 Å². The fraction of sp³-hybridized carbons (Fsp3) is 0.765. The van der Waals surface area contributed by atoms with Crippen molar-refractivity contribution >= 4 is 41.3 Å². The third kappa shape index (κ3) is 6.57. The summed E-state index contributed by atoms with van der Waals surface area (Å²) in [7, 11) is 0. The number of aryl methyl sites for hydroxylation is 2. The molecule has 1 aromatic heterocycles. The van der Waals surface area contributed by atoms with E-state index in [-0.39, 0.29) is 24.0 Å². The van der Waals surface area contributed by atoms with Gasteiger partial charge in [0.1, 0.15) is 0 Å². The minimum atomic E-state index is 0. The van der Waals surface area contributed by atoms with Crippen LogP contribution in [0.15, 0.2) is 4.99 Å². The zero-order valence-corrected chi connectivity index (χ0v) is 18.0. The summed E-state index contributed by atoms with van der Waals surface area (Å²) in [6.45, 7) is 10.2. The Balaban J connectivity index is 0.00000264. The number of hydrogen-bond donors (Lipinski definition) is 2. The van der Waals surface area contributed by atoms with E-state index in [1.165, 1.54) is 37.0 Å². The minimum Gasteiger partial charge on any atom is -0.357 e. The van der Waals surface area contributed by atoms with Gasteiger partial charge in [0.05, 0.1) is 17.2 Å². The molecule has 0 saturated heterocycles. The molecule has 0 amide bonds. The van der Waals surface area contributed by atoms with Gasteiger partial charge in [0.25, 0.3) is 0 Å². The van der Waals surface area contributed by atoms with Crippen molar-refractivity contribution in [2.24, 2.45) is 10.9 Å². The van der Waals surface area contributed by atoms with E-state index in [0.29, 0.717) is 6.04 Å². The van der Waals surface area contributed by atoms with E-state index in [1.54, 1.807) is 11.3 Å². The number of aliphatic imine (C=N–C) groups is 1. The predicted molar refractivity (Wildman–Crippen MR) is 111 cm³/mol. The standard InChI is InChI=1S/C17H30N4S.HI/c1-5-14-7-9-15(10-8-14)21-17(18-6-2)19-11-16-12(3)20-13(4)22-16;/h14-15H,5-11H2,1-4H3,(H2,18,19,21);1H. The number of thiazole rings is 1. The highest BCUT2D eigenvalue weighted by Crippen LogP contribution is 2.26. The second kappa shape index (κ2) is 10.5. The quantitative estimate of drug-likeness (QED) is 0.397. The van der Waals surface area contributed by atoms with Crippen LogP contribution in [0.5, 0.6) is 0 Å². The highest BCUT2D eigenvalue weighted by Gasteiger charge is 2.20. The van der Waals surface area contributed by atoms with Crippen molar-refractivity contribution in [3.05, 3.63) is 15.6 Å². The summed E-state index contributed by atoms with van der Waals surface area (Å²) >= 11 is 1.75. The van der Waals surface area contributed by atoms with Gasteiger partial charge in [0.2, 0.25) is 0 Å². The fourth-order valence-corrected chi connectivity index (χ4v) is 3.96. The molecule has 0 aromatic carbocycles. The maximum Gasteiger partial charge on any atom is 0.191 e. The Hall–Kier alpha value is -0.370. The first-order valence-electron chi connectivity index (χ1n) is 8.60. The number of halogens is 1. The lowest BCUT2D eigenvalue weighted by molar-refractivity contribution is 0.304. The van der Waals surface area contributed by atoms with Crippen molar-refractivity contribution in [2.75, 3.05) is 6.54 Å². The summed E-state index contributed by atoms with van der Waals surface area (Å²) in [4.78, 5) is 10.5. The summed E-state index contributed by atoms with van der Waals surface area (Å²) in [5.74, 6) is 1.88. The third-order valence-electron chi connectivity index (χ3n) is 4.49. The Morgan fingerprint density at radius 3 is 2.43 bits per heavy atom. The number of rotatable bonds is 5. The molecule has 1 saturated carbocycles. The Labute approximate surface area is 162 Å². The van der Waals surface area contributed by atoms with Gasteiger partial charge < -0.3 is 10.6 Å². The average Bonchev–Trinajstić information content (AvgIpc) is 2.83. The molecule has 0 aliphatic heterocycles. The molecule has 0 bridgehead atoms. The van der Waals surface area contributed by atoms with Gasteiger partial charge in [-0.3, -0.25) is 0 Å². The molecule has 1 aromatic rings. The molecular weight excluding hydrogens is 419 g/mol. The van der Waals surface area contributed by atoms with Gasteiger partial charge in [-0.15, -0.1) is 35.3 Å². The average molecular weight is 450 g/mol. The Morgan fingerprint density at radius 2 is 1.91 bits per heavy atom. The molecular formula is C17H31IN4S. The van der Waals surface area contributed by atoms with E-state index in [2.05, 4.69) is 43.3 Å². The van der Waals surface area contributed by atoms with Gasteiger partial charge in [0, 0.05) is 17.5 Å². The second-order valence-electron chi connectivity index (χ2n) is 6.21. The molecule has 1 heterocycles. The minimum absolute atomic E-state index is 0. The zero-order valence-electron chi connectivity index (χ0n) is 14.8. The first kappa shape index (κ1) is 20.7. The van der Waals surface area contributed by atoms with Crippen LogP contribution < -0.4 is 10.6 Å². The lowest BCUT2D eigenvalue weighted by Crippen LogP contribution is -2.44. The number of hydrogen-bond acceptors (Lipinski definition) is 3. The first-order chi connectivity index (χ1) is 10.6. The van der Waals surface area contributed by atoms with Crippen molar-refractivity contribution < 1.29 is 0 Å². The molecule has 6 heteroatoms. The van der Waals surface area contributed by atoms with E-state index in [0.717, 1.165) is 35.7 Å². The maximum absolute atomic E-state index is 4.76. The normalized spacial score (nSPS) is 21.7. The van der Waals surface area contributed by atoms with Crippen LogP contribution in [0.25, 0.3) is 0 Å². The van der Waals surface area contributed by atoms with Crippen LogP contribution in [0.4, 0.5) is 0 Å². The topological polar surface area (TPSA) is 49.3 Å². The van der Waals surface area contributed by atoms with E-state index < -0.39 is 0 Å². The molecule has 0 unspecified atom stereocenters. The summed E-state index contributed by atoms with van der Waals surface area (Å²) in [5, 5.41) is 8.12. The molecule has 1 fully saturated rings. The highest BCUT2D eigenvalue weighted by atomic mass is 127. The predicted octanol–water partition coefficient (Wildman–Crippen LogP) is 4.40. The molecule has 23 heavy (non-hydrogen) atoms. The SMILES string of the molecule is CCNC(=NCc1sc(C)nc1C)NC1CCC(CC)CC1.I. The molecule has 2 rings (SSSR count). The van der Waals surface area contributed by atoms with Crippen LogP contribution in [-0.2, 0) is 6.54 Å². The van der Waals surface area contributed by atoms with Crippen LogP contribution >= 0.6 is 35.3 Å². The van der Waals surface area contributed by atoms with Crippen LogP contribution in [0, 0.1) is 19.8 Å². The van der Waals surface area contributed by atoms with E-state index in [4.69, 9.17) is 4.99 Å². The maximum atomic E-state index is 4.76. The van der Waals surface area contributed by atoms with Gasteiger partial charge in [-0.05, 0) is 52.4 Å². The molecule has 1 aliphatic carbocycles. The van der Waals surface area contributed by atoms with E-state index in [1.807, 2.05) is 0 Å². The number of nitrogens with one attached hydrogen (secondary N) is 2. The first-order valence-corrected chi connectivity index (χ1v) is 9.41. The van der Waals surface area contributed by atoms with Gasteiger partial charge in [-0.1, -0.05) is 13.3 Å². The largest absolute Gasteiger partial charge is 0.357 e. The van der Waals surface area contributed by atoms with Crippen LogP contribution in [-0.4, -0.2) is 23.5 Å². The fourth-order valence-electron chi connectivity index (χ4n) is 3.10. The Kier molecular flexibility index (Phi) is 9.43. The monoisotopic (exact) mass is 450 g/mol. The van der Waals surface area contributed by atoms with E-state index >= 15 is 0 Å². The Bertz CT molecular complexity index is 493. The van der Waals surface area contributed by atoms with Gasteiger partial charge >= 0.3 is 0 Å². The van der Waals surface area contributed by atoms with Crippen LogP contribution in [0.1, 0.15) is 61.5 Å². The lowest BCUT2D eigenvalue weighted by atomic mass is 9.84. The summed E-state index contributed by atoms with van der Waals surface area (Å²) in [5.41, 5.74) is 1.12. The van der Waals surface area contributed by atoms with Gasteiger partial charge in [0.15, 0.2) is 5.96 Å². The van der Waals surface area contributed by atoms with Gasteiger partial charge in [-0.25, -0.2) is 9.98 Å². The molecule has 1 aliphatic rings. The summed E-state index contributed by atoms with van der Waals surface area (Å²) < 4.78 is 0. The highest BCUT2D eigenvalue weighted by molar-refractivity contribution is 14.0. The second-order valence-corrected chi connectivity index (χ2v) is 7.49. The van der Waals surface area contributed by atoms with Crippen molar-refractivity contribution in [1.29, 1.82) is 0 Å². The number of nitrogens with zero attached hydrogens (tertiary/aromatic N) is 2. The number of aromatic nitrogens is 1. The molecule has 4 nitrogen and oxygen atoms in total. The van der Waals surface area contributed by atoms with Crippen molar-refractivity contribution in [1.82, 2.24) is 15.6 Å². The van der Waals surface area contributed by atoms with Crippen molar-refractivity contribution in [3.63, 3.8) is 0 Å². The number of guanidine groups is 1. The van der Waals surface area contributed by atoms with Crippen molar-refractivity contribution in [2.45, 2.75) is 72.4 Å². The summed E-state index contributed by atoms with van der Waals surface area (Å²) in [6, 6.07) is 0.574. The molecule has 0 atom stereocenters. The molecule has 0 radical (unpaired) electrons. The third-order valence-corrected chi connectivity index (χ3v) is 5.55. The van der Waals surface area contributed by atoms with Gasteiger partial charge in [-0.2, -0.15) is 0 Å². The Morgan fingerprint density at radius 1 is 1.22 bits per heavy atom. The summed E-state index contributed by atoms with van der Waals surface area (Å²) in [6.07, 6.45) is 6.55. The molecule has 132 valence electrons. The molecule has 0 spiro atoms. The van der Waals surface area contributed by atoms with E-state index in [9.17, 15) is 0 Å². The van der Waals surface area contributed by atoms with Crippen LogP contribution in [0.3, 0.4) is 0 Å². The lowest BCUT2D eigenvalue weighted by Gasteiger charge is -2.29. The molecule has 2 N–H and O–H groups in total.